The lowest BCUT2D eigenvalue weighted by molar-refractivity contribution is 0.610. The monoisotopic (exact) mass is 288 g/mol. The molecule has 0 bridgehead atoms. The average Bonchev–Trinajstić information content (AvgIpc) is 2.39. The van der Waals surface area contributed by atoms with E-state index in [4.69, 9.17) is 0 Å². The van der Waals surface area contributed by atoms with Crippen LogP contribution in [0.5, 0.6) is 0 Å². The second-order valence-electron chi connectivity index (χ2n) is 5.93. The molecule has 0 aliphatic rings. The number of rotatable bonds is 5. The van der Waals surface area contributed by atoms with E-state index < -0.39 is 0 Å². The Labute approximate surface area is 124 Å². The van der Waals surface area contributed by atoms with Crippen LogP contribution in [-0.4, -0.2) is 22.1 Å². The molecular weight excluding hydrogens is 267 g/mol. The molecule has 0 amide bonds. The molecule has 0 fully saturated rings. The number of halogens is 1. The first-order valence-electron chi connectivity index (χ1n) is 7.01. The Kier molecular flexibility index (Phi) is 4.73. The summed E-state index contributed by atoms with van der Waals surface area (Å²) >= 11 is 0. The van der Waals surface area contributed by atoms with Crippen LogP contribution in [0.1, 0.15) is 26.3 Å². The lowest BCUT2D eigenvalue weighted by Gasteiger charge is -2.21. The van der Waals surface area contributed by atoms with Crippen LogP contribution in [-0.2, 0) is 6.42 Å². The minimum absolute atomic E-state index is 0.0568. The molecule has 0 unspecified atom stereocenters. The fourth-order valence-electron chi connectivity index (χ4n) is 1.93. The van der Waals surface area contributed by atoms with Crippen LogP contribution < -0.4 is 10.6 Å². The Hall–Kier alpha value is -2.17. The predicted molar refractivity (Wildman–Crippen MR) is 84.0 cm³/mol. The maximum Gasteiger partial charge on any atom is 0.131 e. The van der Waals surface area contributed by atoms with Gasteiger partial charge in [0.25, 0.3) is 0 Å². The van der Waals surface area contributed by atoms with Crippen molar-refractivity contribution in [3.63, 3.8) is 0 Å². The van der Waals surface area contributed by atoms with Crippen molar-refractivity contribution in [1.29, 1.82) is 0 Å². The molecule has 1 aromatic heterocycles. The van der Waals surface area contributed by atoms with Crippen molar-refractivity contribution in [3.8, 4) is 0 Å². The first kappa shape index (κ1) is 15.2. The third-order valence-electron chi connectivity index (χ3n) is 2.83. The van der Waals surface area contributed by atoms with Gasteiger partial charge in [-0.1, -0.05) is 18.2 Å². The summed E-state index contributed by atoms with van der Waals surface area (Å²) in [5.74, 6) is 1.33. The molecule has 2 N–H and O–H groups in total. The number of nitrogens with zero attached hydrogens (tertiary/aromatic N) is 2. The molecule has 4 nitrogen and oxygen atoms in total. The summed E-state index contributed by atoms with van der Waals surface area (Å²) < 4.78 is 13.5. The quantitative estimate of drug-likeness (QED) is 0.884. The van der Waals surface area contributed by atoms with Gasteiger partial charge in [-0.2, -0.15) is 0 Å². The van der Waals surface area contributed by atoms with Gasteiger partial charge < -0.3 is 10.6 Å². The lowest BCUT2D eigenvalue weighted by atomic mass is 10.1. The van der Waals surface area contributed by atoms with Gasteiger partial charge in [0.15, 0.2) is 0 Å². The second-order valence-corrected chi connectivity index (χ2v) is 5.93. The highest BCUT2D eigenvalue weighted by molar-refractivity contribution is 5.47. The SMILES string of the molecule is CC(C)(C)Nc1cc(NCCc2ccccc2F)ncn1. The van der Waals surface area contributed by atoms with E-state index in [-0.39, 0.29) is 11.4 Å². The van der Waals surface area contributed by atoms with Crippen LogP contribution in [0.15, 0.2) is 36.7 Å². The molecule has 2 rings (SSSR count). The number of anilines is 2. The molecule has 0 saturated carbocycles. The first-order valence-corrected chi connectivity index (χ1v) is 7.01. The van der Waals surface area contributed by atoms with Gasteiger partial charge in [0, 0.05) is 18.2 Å². The Morgan fingerprint density at radius 3 is 2.52 bits per heavy atom. The fourth-order valence-corrected chi connectivity index (χ4v) is 1.93. The van der Waals surface area contributed by atoms with Crippen LogP contribution in [0, 0.1) is 5.82 Å². The van der Waals surface area contributed by atoms with Crippen LogP contribution in [0.2, 0.25) is 0 Å². The predicted octanol–water partition coefficient (Wildman–Crippen LogP) is 3.48. The maximum atomic E-state index is 13.5. The van der Waals surface area contributed by atoms with Crippen molar-refractivity contribution in [1.82, 2.24) is 9.97 Å². The molecule has 0 aliphatic carbocycles. The summed E-state index contributed by atoms with van der Waals surface area (Å²) in [6, 6.07) is 8.66. The van der Waals surface area contributed by atoms with Crippen molar-refractivity contribution in [2.24, 2.45) is 0 Å². The molecule has 1 heterocycles. The van der Waals surface area contributed by atoms with E-state index in [1.165, 1.54) is 12.4 Å². The summed E-state index contributed by atoms with van der Waals surface area (Å²) in [6.07, 6.45) is 2.12. The maximum absolute atomic E-state index is 13.5. The average molecular weight is 288 g/mol. The van der Waals surface area contributed by atoms with Gasteiger partial charge in [-0.15, -0.1) is 0 Å². The van der Waals surface area contributed by atoms with E-state index in [9.17, 15) is 4.39 Å². The topological polar surface area (TPSA) is 49.8 Å². The molecule has 21 heavy (non-hydrogen) atoms. The van der Waals surface area contributed by atoms with Gasteiger partial charge in [0.1, 0.15) is 23.8 Å². The number of aromatic nitrogens is 2. The fraction of sp³-hybridized carbons (Fsp3) is 0.375. The Morgan fingerprint density at radius 2 is 1.81 bits per heavy atom. The van der Waals surface area contributed by atoms with Crippen molar-refractivity contribution < 1.29 is 4.39 Å². The van der Waals surface area contributed by atoms with Crippen molar-refractivity contribution in [3.05, 3.63) is 48.0 Å². The highest BCUT2D eigenvalue weighted by Gasteiger charge is 2.10. The molecule has 1 aromatic carbocycles. The van der Waals surface area contributed by atoms with E-state index in [0.717, 1.165) is 11.6 Å². The lowest BCUT2D eigenvalue weighted by Crippen LogP contribution is -2.26. The number of nitrogens with one attached hydrogen (secondary N) is 2. The van der Waals surface area contributed by atoms with Gasteiger partial charge in [0.05, 0.1) is 0 Å². The Bertz CT molecular complexity index is 593. The van der Waals surface area contributed by atoms with Crippen LogP contribution in [0.4, 0.5) is 16.0 Å². The van der Waals surface area contributed by atoms with Gasteiger partial charge in [0.2, 0.25) is 0 Å². The minimum Gasteiger partial charge on any atom is -0.370 e. The third-order valence-corrected chi connectivity index (χ3v) is 2.83. The van der Waals surface area contributed by atoms with Gasteiger partial charge in [-0.25, -0.2) is 14.4 Å². The molecule has 0 aliphatic heterocycles. The molecule has 112 valence electrons. The zero-order valence-electron chi connectivity index (χ0n) is 12.7. The zero-order chi connectivity index (χ0) is 15.3. The van der Waals surface area contributed by atoms with E-state index in [2.05, 4.69) is 41.4 Å². The molecule has 0 atom stereocenters. The van der Waals surface area contributed by atoms with E-state index in [0.29, 0.717) is 18.5 Å². The summed E-state index contributed by atoms with van der Waals surface area (Å²) in [6.45, 7) is 6.83. The standard InChI is InChI=1S/C16H21FN4/c1-16(2,3)21-15-10-14(19-11-20-15)18-9-8-12-6-4-5-7-13(12)17/h4-7,10-11H,8-9H2,1-3H3,(H2,18,19,20,21). The molecule has 5 heteroatoms. The second kappa shape index (κ2) is 6.52. The Balaban J connectivity index is 1.92. The van der Waals surface area contributed by atoms with Gasteiger partial charge in [-0.3, -0.25) is 0 Å². The van der Waals surface area contributed by atoms with E-state index in [1.807, 2.05) is 12.1 Å². The highest BCUT2D eigenvalue weighted by Crippen LogP contribution is 2.14. The third kappa shape index (κ3) is 5.02. The normalized spacial score (nSPS) is 11.2. The molecule has 2 aromatic rings. The summed E-state index contributed by atoms with van der Waals surface area (Å²) in [5.41, 5.74) is 0.644. The van der Waals surface area contributed by atoms with E-state index in [1.54, 1.807) is 12.1 Å². The summed E-state index contributed by atoms with van der Waals surface area (Å²) in [4.78, 5) is 8.35. The summed E-state index contributed by atoms with van der Waals surface area (Å²) in [5, 5.41) is 6.48. The Morgan fingerprint density at radius 1 is 1.10 bits per heavy atom. The molecule has 0 spiro atoms. The number of benzene rings is 1. The van der Waals surface area contributed by atoms with Crippen molar-refractivity contribution >= 4 is 11.6 Å². The molecule has 0 saturated heterocycles. The van der Waals surface area contributed by atoms with Crippen molar-refractivity contribution in [2.45, 2.75) is 32.7 Å². The smallest absolute Gasteiger partial charge is 0.131 e. The first-order chi connectivity index (χ1) is 9.94. The minimum atomic E-state index is -0.169. The summed E-state index contributed by atoms with van der Waals surface area (Å²) in [7, 11) is 0. The largest absolute Gasteiger partial charge is 0.370 e. The van der Waals surface area contributed by atoms with Gasteiger partial charge in [-0.05, 0) is 38.8 Å². The number of hydrogen-bond acceptors (Lipinski definition) is 4. The highest BCUT2D eigenvalue weighted by atomic mass is 19.1. The molecule has 0 radical (unpaired) electrons. The van der Waals surface area contributed by atoms with Crippen LogP contribution >= 0.6 is 0 Å². The van der Waals surface area contributed by atoms with Gasteiger partial charge >= 0.3 is 0 Å². The van der Waals surface area contributed by atoms with Crippen LogP contribution in [0.25, 0.3) is 0 Å². The number of hydrogen-bond donors (Lipinski definition) is 2. The van der Waals surface area contributed by atoms with Crippen molar-refractivity contribution in [2.75, 3.05) is 17.2 Å². The molecular formula is C16H21FN4. The zero-order valence-corrected chi connectivity index (χ0v) is 12.7. The van der Waals surface area contributed by atoms with E-state index >= 15 is 0 Å². The van der Waals surface area contributed by atoms with Crippen LogP contribution in [0.3, 0.4) is 0 Å².